The third-order valence-corrected chi connectivity index (χ3v) is 10.1. The van der Waals surface area contributed by atoms with Crippen molar-refractivity contribution in [2.24, 2.45) is 11.1 Å². The predicted molar refractivity (Wildman–Crippen MR) is 211 cm³/mol. The molecule has 15 nitrogen and oxygen atoms in total. The minimum atomic E-state index is -1.15. The molecular formula is C41H50ClN7O8. The van der Waals surface area contributed by atoms with E-state index in [2.05, 4.69) is 26.6 Å². The van der Waals surface area contributed by atoms with E-state index in [4.69, 9.17) is 26.5 Å². The topological polar surface area (TPSA) is 214 Å². The van der Waals surface area contributed by atoms with E-state index in [1.165, 1.54) is 11.2 Å². The molecule has 3 aromatic rings. The van der Waals surface area contributed by atoms with Gasteiger partial charge < -0.3 is 46.4 Å². The minimum absolute atomic E-state index is 0.00776. The highest BCUT2D eigenvalue weighted by Gasteiger charge is 2.44. The number of rotatable bonds is 10. The smallest absolute Gasteiger partial charge is 0.246 e. The van der Waals surface area contributed by atoms with E-state index in [0.717, 1.165) is 17.7 Å². The maximum Gasteiger partial charge on any atom is 0.246 e. The van der Waals surface area contributed by atoms with Gasteiger partial charge in [0.25, 0.3) is 0 Å². The number of hydrogen-bond acceptors (Lipinski definition) is 9. The highest BCUT2D eigenvalue weighted by molar-refractivity contribution is 6.30. The number of nitrogens with zero attached hydrogens (tertiary/aromatic N) is 1. The summed E-state index contributed by atoms with van der Waals surface area (Å²) in [6.45, 7) is 1.49. The maximum atomic E-state index is 14.6. The van der Waals surface area contributed by atoms with Crippen LogP contribution in [0, 0.1) is 5.41 Å². The summed E-state index contributed by atoms with van der Waals surface area (Å²) in [5.41, 5.74) is 6.36. The van der Waals surface area contributed by atoms with Crippen molar-refractivity contribution >= 4 is 47.0 Å². The summed E-state index contributed by atoms with van der Waals surface area (Å²) in [6.07, 6.45) is 4.85. The fourth-order valence-corrected chi connectivity index (χ4v) is 7.23. The van der Waals surface area contributed by atoms with Gasteiger partial charge in [0.2, 0.25) is 35.4 Å². The lowest BCUT2D eigenvalue weighted by atomic mass is 9.74. The Kier molecular flexibility index (Phi) is 15.8. The number of halogens is 1. The molecular weight excluding hydrogens is 754 g/mol. The van der Waals surface area contributed by atoms with E-state index in [1.54, 1.807) is 54.6 Å². The molecule has 3 heterocycles. The molecule has 0 radical (unpaired) electrons. The van der Waals surface area contributed by atoms with Gasteiger partial charge in [0.05, 0.1) is 31.3 Å². The second-order valence-corrected chi connectivity index (χ2v) is 14.6. The van der Waals surface area contributed by atoms with Gasteiger partial charge in [-0.25, -0.2) is 0 Å². The van der Waals surface area contributed by atoms with Gasteiger partial charge in [-0.15, -0.1) is 0 Å². The molecule has 0 spiro atoms. The number of amides is 6. The number of ether oxygens (including phenoxy) is 1. The summed E-state index contributed by atoms with van der Waals surface area (Å²) in [5.74, 6) is -2.40. The molecule has 1 fully saturated rings. The van der Waals surface area contributed by atoms with Gasteiger partial charge in [0, 0.05) is 62.9 Å². The molecule has 2 aliphatic heterocycles. The molecule has 7 N–H and O–H groups in total. The molecule has 57 heavy (non-hydrogen) atoms. The Morgan fingerprint density at radius 2 is 1.81 bits per heavy atom. The van der Waals surface area contributed by atoms with Gasteiger partial charge in [0.1, 0.15) is 17.8 Å². The molecule has 0 saturated carbocycles. The Labute approximate surface area is 336 Å². The Bertz CT molecular complexity index is 1900. The summed E-state index contributed by atoms with van der Waals surface area (Å²) >= 11 is 6.34. The van der Waals surface area contributed by atoms with Crippen LogP contribution in [0.5, 0.6) is 0 Å². The Morgan fingerprint density at radius 1 is 0.982 bits per heavy atom. The third-order valence-electron chi connectivity index (χ3n) is 9.90. The fourth-order valence-electron chi connectivity index (χ4n) is 7.02. The SMILES string of the molecule is NCCOCCNC(=O)[C@@H]1CCNC(=O)/C=C/C(=O)N2CCC[C@@](Cc3cccc(Cl)c3)(C2)C(=O)N[C@@H](Cc2ccco2)C(=O)NCc2ccccc2CC(=O)N1. The Morgan fingerprint density at radius 3 is 2.58 bits per heavy atom. The molecule has 3 atom stereocenters. The van der Waals surface area contributed by atoms with Crippen LogP contribution in [0.15, 0.2) is 83.5 Å². The van der Waals surface area contributed by atoms with Crippen molar-refractivity contribution in [3.05, 3.63) is 107 Å². The highest BCUT2D eigenvalue weighted by Crippen LogP contribution is 2.35. The van der Waals surface area contributed by atoms with Crippen LogP contribution in [0.1, 0.15) is 41.7 Å². The first kappa shape index (κ1) is 42.6. The first-order valence-corrected chi connectivity index (χ1v) is 19.4. The van der Waals surface area contributed by atoms with E-state index >= 15 is 0 Å². The molecule has 304 valence electrons. The van der Waals surface area contributed by atoms with E-state index in [1.807, 2.05) is 6.07 Å². The van der Waals surface area contributed by atoms with Crippen LogP contribution < -0.4 is 32.3 Å². The van der Waals surface area contributed by atoms with Crippen LogP contribution in [0.4, 0.5) is 0 Å². The van der Waals surface area contributed by atoms with Gasteiger partial charge in [-0.1, -0.05) is 48.0 Å². The summed E-state index contributed by atoms with van der Waals surface area (Å²) in [7, 11) is 0. The second kappa shape index (κ2) is 21.1. The summed E-state index contributed by atoms with van der Waals surface area (Å²) in [4.78, 5) is 83.1. The number of benzene rings is 2. The highest BCUT2D eigenvalue weighted by atomic mass is 35.5. The molecule has 16 heteroatoms. The molecule has 2 aliphatic rings. The normalized spacial score (nSPS) is 22.1. The monoisotopic (exact) mass is 803 g/mol. The minimum Gasteiger partial charge on any atom is -0.469 e. The van der Waals surface area contributed by atoms with Crippen LogP contribution in [0.25, 0.3) is 0 Å². The predicted octanol–water partition coefficient (Wildman–Crippen LogP) is 1.32. The van der Waals surface area contributed by atoms with Crippen molar-refractivity contribution in [3.63, 3.8) is 0 Å². The molecule has 1 saturated heterocycles. The van der Waals surface area contributed by atoms with Crippen molar-refractivity contribution in [2.45, 2.75) is 57.2 Å². The zero-order chi connectivity index (χ0) is 40.6. The first-order valence-electron chi connectivity index (χ1n) is 19.1. The lowest BCUT2D eigenvalue weighted by molar-refractivity contribution is -0.141. The van der Waals surface area contributed by atoms with Crippen molar-refractivity contribution in [2.75, 3.05) is 45.9 Å². The van der Waals surface area contributed by atoms with Crippen LogP contribution >= 0.6 is 11.6 Å². The number of hydrogen-bond donors (Lipinski definition) is 6. The fraction of sp³-hybridized carbons (Fsp3) is 0.415. The summed E-state index contributed by atoms with van der Waals surface area (Å²) in [5, 5.41) is 14.6. The lowest BCUT2D eigenvalue weighted by Gasteiger charge is -2.42. The number of nitrogens with two attached hydrogens (primary N) is 1. The zero-order valence-electron chi connectivity index (χ0n) is 31.7. The van der Waals surface area contributed by atoms with Gasteiger partial charge in [-0.3, -0.25) is 28.8 Å². The van der Waals surface area contributed by atoms with Gasteiger partial charge in [-0.2, -0.15) is 0 Å². The number of fused-ring (bicyclic) bond motifs is 3. The maximum absolute atomic E-state index is 14.6. The zero-order valence-corrected chi connectivity index (χ0v) is 32.5. The molecule has 2 aromatic carbocycles. The lowest BCUT2D eigenvalue weighted by Crippen LogP contribution is -2.58. The van der Waals surface area contributed by atoms with Crippen molar-refractivity contribution < 1.29 is 37.9 Å². The molecule has 5 rings (SSSR count). The van der Waals surface area contributed by atoms with Gasteiger partial charge >= 0.3 is 0 Å². The largest absolute Gasteiger partial charge is 0.469 e. The molecule has 2 bridgehead atoms. The van der Waals surface area contributed by atoms with E-state index in [9.17, 15) is 28.8 Å². The van der Waals surface area contributed by atoms with Gasteiger partial charge in [-0.05, 0) is 66.6 Å². The number of furan rings is 1. The number of nitrogens with one attached hydrogen (secondary N) is 5. The molecule has 1 aromatic heterocycles. The van der Waals surface area contributed by atoms with Gasteiger partial charge in [0.15, 0.2) is 0 Å². The number of piperidine rings is 1. The van der Waals surface area contributed by atoms with Crippen molar-refractivity contribution in [1.82, 2.24) is 31.5 Å². The Balaban J connectivity index is 1.44. The van der Waals surface area contributed by atoms with Crippen molar-refractivity contribution in [3.8, 4) is 0 Å². The van der Waals surface area contributed by atoms with Crippen LogP contribution in [-0.4, -0.2) is 98.4 Å². The number of carbonyl (C=O) groups is 6. The van der Waals surface area contributed by atoms with Crippen LogP contribution in [0.3, 0.4) is 0 Å². The Hall–Kier alpha value is -5.51. The third kappa shape index (κ3) is 12.8. The standard InChI is InChI=1S/C41H50ClN7O8/c42-31-9-3-6-28(22-31)25-41-14-5-18-49(27-41)37(52)12-11-35(50)44-16-13-33(38(53)45-17-21-56-20-15-43)47-36(51)23-29-7-1-2-8-30(29)26-46-39(54)34(48-40(41)55)24-32-10-4-19-57-32/h1-4,6-12,19,22,33-34H,5,13-18,20-21,23-27,43H2,(H,44,50)(H,45,53)(H,46,54)(H,47,51)(H,48,55)/b12-11+/t33-,34-,41+/m0/s1. The molecule has 6 amide bonds. The number of carbonyl (C=O) groups excluding carboxylic acids is 6. The summed E-state index contributed by atoms with van der Waals surface area (Å²) < 4.78 is 10.9. The average Bonchev–Trinajstić information content (AvgIpc) is 3.71. The summed E-state index contributed by atoms with van der Waals surface area (Å²) in [6, 6.07) is 15.6. The quantitative estimate of drug-likeness (QED) is 0.163. The van der Waals surface area contributed by atoms with Crippen LogP contribution in [-0.2, 0) is 59.3 Å². The van der Waals surface area contributed by atoms with Crippen LogP contribution in [0.2, 0.25) is 5.02 Å². The van der Waals surface area contributed by atoms with Crippen molar-refractivity contribution in [1.29, 1.82) is 0 Å². The molecule has 0 aliphatic carbocycles. The van der Waals surface area contributed by atoms with E-state index in [0.29, 0.717) is 54.4 Å². The average molecular weight is 804 g/mol. The molecule has 0 unspecified atom stereocenters. The first-order chi connectivity index (χ1) is 27.5. The van der Waals surface area contributed by atoms with E-state index < -0.39 is 52.9 Å². The second-order valence-electron chi connectivity index (χ2n) is 14.1. The van der Waals surface area contributed by atoms with E-state index in [-0.39, 0.29) is 58.5 Å².